The van der Waals surface area contributed by atoms with Gasteiger partial charge in [-0.15, -0.1) is 0 Å². The summed E-state index contributed by atoms with van der Waals surface area (Å²) < 4.78 is 16.8. The van der Waals surface area contributed by atoms with Crippen molar-refractivity contribution in [2.75, 3.05) is 13.7 Å². The summed E-state index contributed by atoms with van der Waals surface area (Å²) in [4.78, 5) is 27.7. The molecule has 1 aliphatic heterocycles. The second-order valence-corrected chi connectivity index (χ2v) is 8.83. The zero-order chi connectivity index (χ0) is 22.6. The Balaban J connectivity index is 1.49. The highest BCUT2D eigenvalue weighted by Crippen LogP contribution is 2.51. The zero-order valence-corrected chi connectivity index (χ0v) is 18.8. The van der Waals surface area contributed by atoms with Gasteiger partial charge in [-0.05, 0) is 54.5 Å². The second-order valence-electron chi connectivity index (χ2n) is 8.83. The van der Waals surface area contributed by atoms with Crippen LogP contribution < -0.4 is 9.47 Å². The molecule has 3 atom stereocenters. The molecule has 0 aromatic heterocycles. The number of carbonyl (C=O) groups is 2. The van der Waals surface area contributed by atoms with Gasteiger partial charge in [-0.3, -0.25) is 4.79 Å². The van der Waals surface area contributed by atoms with Crippen LogP contribution in [-0.2, 0) is 16.1 Å². The Bertz CT molecular complexity index is 929. The molecule has 2 amide bonds. The topological polar surface area (TPSA) is 65.1 Å². The van der Waals surface area contributed by atoms with Crippen molar-refractivity contribution in [1.82, 2.24) is 4.90 Å². The van der Waals surface area contributed by atoms with Gasteiger partial charge >= 0.3 is 6.09 Å². The number of hydrogen-bond acceptors (Lipinski definition) is 5. The lowest BCUT2D eigenvalue weighted by atomic mass is 9.71. The molecular weight excluding hydrogens is 406 g/mol. The Kier molecular flexibility index (Phi) is 6.68. The van der Waals surface area contributed by atoms with Crippen LogP contribution >= 0.6 is 0 Å². The second kappa shape index (κ2) is 9.63. The maximum absolute atomic E-state index is 13.2. The molecule has 170 valence electrons. The van der Waals surface area contributed by atoms with Crippen molar-refractivity contribution in [3.63, 3.8) is 0 Å². The number of nitrogens with zero attached hydrogens (tertiary/aromatic N) is 1. The number of imide groups is 1. The van der Waals surface area contributed by atoms with E-state index in [2.05, 4.69) is 6.92 Å². The third-order valence-electron chi connectivity index (χ3n) is 6.94. The predicted molar refractivity (Wildman–Crippen MR) is 120 cm³/mol. The number of fused-ring (bicyclic) bond motifs is 1. The summed E-state index contributed by atoms with van der Waals surface area (Å²) in [5.41, 5.74) is 0.355. The van der Waals surface area contributed by atoms with Crippen LogP contribution in [0.15, 0.2) is 54.6 Å². The summed E-state index contributed by atoms with van der Waals surface area (Å²) in [5, 5.41) is 0. The molecule has 1 saturated carbocycles. The number of amides is 2. The maximum atomic E-state index is 13.2. The van der Waals surface area contributed by atoms with E-state index < -0.39 is 11.6 Å². The summed E-state index contributed by atoms with van der Waals surface area (Å²) in [5.74, 6) is 1.88. The SMILES string of the molecule is COc1ccc(OCC[C@@]23CCC[C@@H]2[C@@H](C)CC(=O)N3C(=O)OCc2ccccc2)cc1. The number of likely N-dealkylation sites (tertiary alicyclic amines) is 1. The minimum atomic E-state index is -0.547. The molecule has 4 rings (SSSR count). The van der Waals surface area contributed by atoms with Gasteiger partial charge in [-0.2, -0.15) is 0 Å². The first-order valence-electron chi connectivity index (χ1n) is 11.3. The van der Waals surface area contributed by atoms with Gasteiger partial charge in [0.15, 0.2) is 0 Å². The number of methoxy groups -OCH3 is 1. The fraction of sp³-hybridized carbons (Fsp3) is 0.462. The van der Waals surface area contributed by atoms with Crippen LogP contribution in [0.3, 0.4) is 0 Å². The van der Waals surface area contributed by atoms with Crippen molar-refractivity contribution in [3.8, 4) is 11.5 Å². The number of hydrogen-bond donors (Lipinski definition) is 0. The minimum absolute atomic E-state index is 0.141. The van der Waals surface area contributed by atoms with Crippen molar-refractivity contribution in [2.24, 2.45) is 11.8 Å². The highest BCUT2D eigenvalue weighted by Gasteiger charge is 2.57. The van der Waals surface area contributed by atoms with Crippen LogP contribution in [-0.4, -0.2) is 36.2 Å². The van der Waals surface area contributed by atoms with Gasteiger partial charge in [-0.25, -0.2) is 9.69 Å². The van der Waals surface area contributed by atoms with Gasteiger partial charge in [0.2, 0.25) is 5.91 Å². The van der Waals surface area contributed by atoms with Crippen molar-refractivity contribution >= 4 is 12.0 Å². The third kappa shape index (κ3) is 4.45. The molecule has 0 unspecified atom stereocenters. The molecule has 6 heteroatoms. The minimum Gasteiger partial charge on any atom is -0.497 e. The molecule has 1 saturated heterocycles. The first-order chi connectivity index (χ1) is 15.5. The summed E-state index contributed by atoms with van der Waals surface area (Å²) in [6.07, 6.45) is 3.24. The number of ether oxygens (including phenoxy) is 3. The Morgan fingerprint density at radius 1 is 1.09 bits per heavy atom. The van der Waals surface area contributed by atoms with Crippen molar-refractivity contribution in [1.29, 1.82) is 0 Å². The van der Waals surface area contributed by atoms with Gasteiger partial charge in [0.1, 0.15) is 18.1 Å². The molecule has 0 N–H and O–H groups in total. The van der Waals surface area contributed by atoms with E-state index in [-0.39, 0.29) is 24.3 Å². The van der Waals surface area contributed by atoms with Gasteiger partial charge in [0.25, 0.3) is 0 Å². The van der Waals surface area contributed by atoms with Crippen LogP contribution in [0.25, 0.3) is 0 Å². The molecule has 32 heavy (non-hydrogen) atoms. The lowest BCUT2D eigenvalue weighted by molar-refractivity contribution is -0.146. The average molecular weight is 438 g/mol. The van der Waals surface area contributed by atoms with E-state index >= 15 is 0 Å². The Labute approximate surface area is 189 Å². The molecule has 1 heterocycles. The fourth-order valence-electron chi connectivity index (χ4n) is 5.44. The lowest BCUT2D eigenvalue weighted by Crippen LogP contribution is -2.62. The van der Waals surface area contributed by atoms with E-state index in [1.54, 1.807) is 7.11 Å². The number of benzene rings is 2. The molecule has 0 bridgehead atoms. The molecule has 1 aliphatic carbocycles. The van der Waals surface area contributed by atoms with Crippen molar-refractivity contribution in [2.45, 2.75) is 51.2 Å². The van der Waals surface area contributed by atoms with Gasteiger partial charge in [0, 0.05) is 12.8 Å². The summed E-state index contributed by atoms with van der Waals surface area (Å²) >= 11 is 0. The first-order valence-corrected chi connectivity index (χ1v) is 11.3. The zero-order valence-electron chi connectivity index (χ0n) is 18.8. The smallest absolute Gasteiger partial charge is 0.417 e. The number of rotatable bonds is 7. The number of carbonyl (C=O) groups excluding carboxylic acids is 2. The predicted octanol–water partition coefficient (Wildman–Crippen LogP) is 5.21. The molecule has 0 radical (unpaired) electrons. The summed E-state index contributed by atoms with van der Waals surface area (Å²) in [7, 11) is 1.63. The van der Waals surface area contributed by atoms with Crippen molar-refractivity contribution < 1.29 is 23.8 Å². The average Bonchev–Trinajstić information content (AvgIpc) is 3.24. The van der Waals surface area contributed by atoms with Crippen LogP contribution in [0.5, 0.6) is 11.5 Å². The highest BCUT2D eigenvalue weighted by molar-refractivity contribution is 5.94. The van der Waals surface area contributed by atoms with Gasteiger partial charge in [0.05, 0.1) is 19.3 Å². The van der Waals surface area contributed by atoms with Crippen LogP contribution in [0, 0.1) is 11.8 Å². The maximum Gasteiger partial charge on any atom is 0.417 e. The lowest BCUT2D eigenvalue weighted by Gasteiger charge is -2.49. The van der Waals surface area contributed by atoms with Gasteiger partial charge < -0.3 is 14.2 Å². The molecule has 2 aliphatic rings. The molecule has 2 aromatic rings. The Morgan fingerprint density at radius 2 is 1.81 bits per heavy atom. The normalized spacial score (nSPS) is 24.7. The van der Waals surface area contributed by atoms with Crippen LogP contribution in [0.2, 0.25) is 0 Å². The van der Waals surface area contributed by atoms with Gasteiger partial charge in [-0.1, -0.05) is 43.7 Å². The van der Waals surface area contributed by atoms with E-state index in [9.17, 15) is 9.59 Å². The molecule has 2 fully saturated rings. The number of piperidine rings is 1. The van der Waals surface area contributed by atoms with E-state index in [4.69, 9.17) is 14.2 Å². The molecule has 0 spiro atoms. The summed E-state index contributed by atoms with van der Waals surface area (Å²) in [6, 6.07) is 17.0. The van der Waals surface area contributed by atoms with E-state index in [1.807, 2.05) is 54.6 Å². The first kappa shape index (κ1) is 22.2. The monoisotopic (exact) mass is 437 g/mol. The molecule has 6 nitrogen and oxygen atoms in total. The molecule has 2 aromatic carbocycles. The van der Waals surface area contributed by atoms with Crippen LogP contribution in [0.4, 0.5) is 4.79 Å². The van der Waals surface area contributed by atoms with Crippen LogP contribution in [0.1, 0.15) is 44.6 Å². The Hall–Kier alpha value is -3.02. The van der Waals surface area contributed by atoms with Crippen molar-refractivity contribution in [3.05, 3.63) is 60.2 Å². The highest BCUT2D eigenvalue weighted by atomic mass is 16.6. The van der Waals surface area contributed by atoms with E-state index in [0.29, 0.717) is 19.4 Å². The standard InChI is InChI=1S/C26H31NO5/c1-19-17-24(28)27(25(29)32-18-20-7-4-3-5-8-20)26(14-6-9-23(19)26)15-16-31-22-12-10-21(30-2)11-13-22/h3-5,7-8,10-13,19,23H,6,9,14-18H2,1-2H3/t19-,23+,26-/m0/s1. The quantitative estimate of drug-likeness (QED) is 0.595. The molecular formula is C26H31NO5. The summed E-state index contributed by atoms with van der Waals surface area (Å²) in [6.45, 7) is 2.70. The Morgan fingerprint density at radius 3 is 2.53 bits per heavy atom. The fourth-order valence-corrected chi connectivity index (χ4v) is 5.44. The largest absolute Gasteiger partial charge is 0.497 e. The van der Waals surface area contributed by atoms with E-state index in [1.165, 1.54) is 4.90 Å². The third-order valence-corrected chi connectivity index (χ3v) is 6.94. The van der Waals surface area contributed by atoms with E-state index in [0.717, 1.165) is 36.3 Å².